The minimum absolute atomic E-state index is 0.0314. The Morgan fingerprint density at radius 2 is 2.12 bits per heavy atom. The number of ether oxygens (including phenoxy) is 1. The van der Waals surface area contributed by atoms with Gasteiger partial charge in [-0.1, -0.05) is 0 Å². The summed E-state index contributed by atoms with van der Waals surface area (Å²) in [5, 5.41) is 7.22. The van der Waals surface area contributed by atoms with Crippen LogP contribution in [0, 0.1) is 5.82 Å². The first-order chi connectivity index (χ1) is 12.0. The van der Waals surface area contributed by atoms with E-state index in [0.29, 0.717) is 30.9 Å². The van der Waals surface area contributed by atoms with Gasteiger partial charge in [-0.05, 0) is 32.0 Å². The van der Waals surface area contributed by atoms with Crippen LogP contribution in [0.3, 0.4) is 0 Å². The number of nitrogens with one attached hydrogen (secondary N) is 1. The highest BCUT2D eigenvalue weighted by Gasteiger charge is 2.34. The number of anilines is 2. The van der Waals surface area contributed by atoms with Crippen LogP contribution in [-0.2, 0) is 11.2 Å². The number of likely N-dealkylation sites (N-methyl/N-ethyl adjacent to an activating group) is 1. The number of H-pyrrole nitrogens is 1. The molecule has 2 aliphatic heterocycles. The minimum Gasteiger partial charge on any atom is -0.371 e. The number of carbonyl (C=O) groups excluding carboxylic acids is 1. The predicted molar refractivity (Wildman–Crippen MR) is 92.6 cm³/mol. The molecule has 4 rings (SSSR count). The van der Waals surface area contributed by atoms with E-state index in [1.54, 1.807) is 11.0 Å². The lowest BCUT2D eigenvalue weighted by atomic mass is 9.99. The van der Waals surface area contributed by atoms with E-state index >= 15 is 0 Å². The highest BCUT2D eigenvalue weighted by Crippen LogP contribution is 2.35. The Kier molecular flexibility index (Phi) is 3.76. The van der Waals surface area contributed by atoms with Crippen molar-refractivity contribution in [2.75, 3.05) is 29.9 Å². The van der Waals surface area contributed by atoms with Gasteiger partial charge in [0.25, 0.3) is 5.91 Å². The van der Waals surface area contributed by atoms with Gasteiger partial charge >= 0.3 is 0 Å². The zero-order valence-corrected chi connectivity index (χ0v) is 14.5. The molecule has 0 aliphatic carbocycles. The molecule has 0 unspecified atom stereocenters. The van der Waals surface area contributed by atoms with Crippen LogP contribution in [0.2, 0.25) is 0 Å². The Morgan fingerprint density at radius 1 is 1.32 bits per heavy atom. The van der Waals surface area contributed by atoms with Gasteiger partial charge in [-0.15, -0.1) is 0 Å². The third-order valence-corrected chi connectivity index (χ3v) is 4.98. The van der Waals surface area contributed by atoms with Crippen LogP contribution in [-0.4, -0.2) is 42.3 Å². The summed E-state index contributed by atoms with van der Waals surface area (Å²) in [5.41, 5.74) is 3.61. The number of hydrogen-bond donors (Lipinski definition) is 1. The molecule has 25 heavy (non-hydrogen) atoms. The van der Waals surface area contributed by atoms with Gasteiger partial charge in [0.05, 0.1) is 29.3 Å². The smallest absolute Gasteiger partial charge is 0.279 e. The van der Waals surface area contributed by atoms with Gasteiger partial charge in [-0.25, -0.2) is 4.39 Å². The van der Waals surface area contributed by atoms with E-state index in [0.717, 1.165) is 16.9 Å². The molecule has 2 atom stereocenters. The zero-order valence-electron chi connectivity index (χ0n) is 14.5. The van der Waals surface area contributed by atoms with E-state index in [1.807, 2.05) is 25.8 Å². The molecule has 1 amide bonds. The molecule has 0 fully saturated rings. The summed E-state index contributed by atoms with van der Waals surface area (Å²) in [6, 6.07) is 4.54. The second-order valence-corrected chi connectivity index (χ2v) is 6.77. The number of nitrogens with zero attached hydrogens (tertiary/aromatic N) is 3. The second kappa shape index (κ2) is 5.84. The molecule has 1 aromatic heterocycles. The number of rotatable bonds is 1. The topological polar surface area (TPSA) is 61.5 Å². The van der Waals surface area contributed by atoms with Crippen LogP contribution in [0.1, 0.15) is 41.7 Å². The van der Waals surface area contributed by atoms with Gasteiger partial charge in [-0.2, -0.15) is 5.10 Å². The Morgan fingerprint density at radius 3 is 2.92 bits per heavy atom. The van der Waals surface area contributed by atoms with E-state index in [1.165, 1.54) is 12.1 Å². The summed E-state index contributed by atoms with van der Waals surface area (Å²) in [6.45, 7) is 5.12. The average Bonchev–Trinajstić information content (AvgIpc) is 2.98. The first-order valence-corrected chi connectivity index (χ1v) is 8.51. The maximum absolute atomic E-state index is 13.8. The van der Waals surface area contributed by atoms with E-state index in [9.17, 15) is 9.18 Å². The lowest BCUT2D eigenvalue weighted by Gasteiger charge is -2.35. The third kappa shape index (κ3) is 2.59. The molecule has 0 spiro atoms. The first kappa shape index (κ1) is 16.1. The van der Waals surface area contributed by atoms with Crippen molar-refractivity contribution in [3.8, 4) is 0 Å². The lowest BCUT2D eigenvalue weighted by Crippen LogP contribution is -2.43. The van der Waals surface area contributed by atoms with Crippen molar-refractivity contribution in [2.45, 2.75) is 32.5 Å². The molecule has 0 bridgehead atoms. The maximum atomic E-state index is 13.8. The Bertz CT molecular complexity index is 834. The van der Waals surface area contributed by atoms with E-state index in [4.69, 9.17) is 4.74 Å². The molecule has 1 N–H and O–H groups in total. The predicted octanol–water partition coefficient (Wildman–Crippen LogP) is 2.67. The zero-order chi connectivity index (χ0) is 17.7. The summed E-state index contributed by atoms with van der Waals surface area (Å²) in [5.74, 6) is -0.551. The molecule has 3 heterocycles. The van der Waals surface area contributed by atoms with Crippen LogP contribution < -0.4 is 9.80 Å². The summed E-state index contributed by atoms with van der Waals surface area (Å²) in [7, 11) is 1.94. The van der Waals surface area contributed by atoms with Crippen molar-refractivity contribution in [3.05, 3.63) is 41.0 Å². The molecule has 132 valence electrons. The molecular formula is C18H21FN4O2. The van der Waals surface area contributed by atoms with E-state index in [2.05, 4.69) is 10.2 Å². The second-order valence-electron chi connectivity index (χ2n) is 6.77. The van der Waals surface area contributed by atoms with Crippen molar-refractivity contribution in [1.29, 1.82) is 0 Å². The molecule has 6 nitrogen and oxygen atoms in total. The summed E-state index contributed by atoms with van der Waals surface area (Å²) in [6.07, 6.45) is 0.551. The Balaban J connectivity index is 1.74. The summed E-state index contributed by atoms with van der Waals surface area (Å²) in [4.78, 5) is 16.8. The maximum Gasteiger partial charge on any atom is 0.279 e. The normalized spacial score (nSPS) is 22.6. The summed E-state index contributed by atoms with van der Waals surface area (Å²) >= 11 is 0. The molecule has 0 radical (unpaired) electrons. The first-order valence-electron chi connectivity index (χ1n) is 8.51. The fourth-order valence-electron chi connectivity index (χ4n) is 3.72. The van der Waals surface area contributed by atoms with Gasteiger partial charge in [-0.3, -0.25) is 9.89 Å². The highest BCUT2D eigenvalue weighted by atomic mass is 19.1. The van der Waals surface area contributed by atoms with Crippen LogP contribution in [0.5, 0.6) is 0 Å². The van der Waals surface area contributed by atoms with Crippen LogP contribution in [0.4, 0.5) is 15.8 Å². The molecule has 0 saturated carbocycles. The Labute approximate surface area is 145 Å². The number of halogens is 1. The van der Waals surface area contributed by atoms with Gasteiger partial charge in [0.1, 0.15) is 5.82 Å². The van der Waals surface area contributed by atoms with Crippen LogP contribution in [0.15, 0.2) is 18.2 Å². The molecule has 7 heteroatoms. The lowest BCUT2D eigenvalue weighted by molar-refractivity contribution is -0.00696. The van der Waals surface area contributed by atoms with Gasteiger partial charge in [0.15, 0.2) is 5.69 Å². The third-order valence-electron chi connectivity index (χ3n) is 4.98. The van der Waals surface area contributed by atoms with Gasteiger partial charge < -0.3 is 14.5 Å². The number of benzene rings is 1. The fraction of sp³-hybridized carbons (Fsp3) is 0.444. The molecule has 0 saturated heterocycles. The average molecular weight is 344 g/mol. The van der Waals surface area contributed by atoms with Crippen molar-refractivity contribution in [1.82, 2.24) is 10.2 Å². The number of fused-ring (bicyclic) bond motifs is 2. The quantitative estimate of drug-likeness (QED) is 0.864. The fourth-order valence-corrected chi connectivity index (χ4v) is 3.72. The van der Waals surface area contributed by atoms with E-state index in [-0.39, 0.29) is 23.9 Å². The van der Waals surface area contributed by atoms with Crippen molar-refractivity contribution < 1.29 is 13.9 Å². The number of hydrogen-bond acceptors (Lipinski definition) is 4. The SMILES string of the molecule is C[C@@H]1Cc2c(C(=O)N3CCN(C)c4ccc(F)cc43)n[nH]c2[C@H](C)O1. The van der Waals surface area contributed by atoms with Gasteiger partial charge in [0, 0.05) is 32.1 Å². The van der Waals surface area contributed by atoms with Crippen LogP contribution >= 0.6 is 0 Å². The molecular weight excluding hydrogens is 323 g/mol. The highest BCUT2D eigenvalue weighted by molar-refractivity contribution is 6.08. The summed E-state index contributed by atoms with van der Waals surface area (Å²) < 4.78 is 19.6. The van der Waals surface area contributed by atoms with Crippen molar-refractivity contribution >= 4 is 17.3 Å². The monoisotopic (exact) mass is 344 g/mol. The molecule has 1 aromatic carbocycles. The number of carbonyl (C=O) groups is 1. The van der Waals surface area contributed by atoms with Crippen molar-refractivity contribution in [2.24, 2.45) is 0 Å². The largest absolute Gasteiger partial charge is 0.371 e. The van der Waals surface area contributed by atoms with Gasteiger partial charge in [0.2, 0.25) is 0 Å². The molecule has 2 aliphatic rings. The van der Waals surface area contributed by atoms with Crippen molar-refractivity contribution in [3.63, 3.8) is 0 Å². The van der Waals surface area contributed by atoms with E-state index < -0.39 is 0 Å². The standard InChI is InChI=1S/C18H21FN4O2/c1-10-8-13-16(11(2)25-10)20-21-17(13)18(24)23-7-6-22(3)14-5-4-12(19)9-15(14)23/h4-5,9-11H,6-8H2,1-3H3,(H,20,21)/t10-,11+/m1/s1. The minimum atomic E-state index is -0.355. The Hall–Kier alpha value is -2.41. The molecule has 2 aromatic rings. The number of amides is 1. The number of aromatic nitrogens is 2. The number of aromatic amines is 1. The van der Waals surface area contributed by atoms with Crippen LogP contribution in [0.25, 0.3) is 0 Å².